The lowest BCUT2D eigenvalue weighted by Crippen LogP contribution is -2.23. The summed E-state index contributed by atoms with van der Waals surface area (Å²) in [6, 6.07) is 11.7. The zero-order valence-corrected chi connectivity index (χ0v) is 26.3. The van der Waals surface area contributed by atoms with Crippen LogP contribution in [0, 0.1) is 30.6 Å². The van der Waals surface area contributed by atoms with E-state index in [4.69, 9.17) is 4.18 Å². The van der Waals surface area contributed by atoms with E-state index in [1.165, 1.54) is 25.3 Å². The fourth-order valence-electron chi connectivity index (χ4n) is 10.0. The molecule has 0 spiro atoms. The Hall–Kier alpha value is -2.42. The summed E-state index contributed by atoms with van der Waals surface area (Å²) < 4.78 is 72.7. The highest BCUT2D eigenvalue weighted by Crippen LogP contribution is 2.59. The van der Waals surface area contributed by atoms with Gasteiger partial charge in [-0.1, -0.05) is 37.1 Å². The Balaban J connectivity index is 1.35. The van der Waals surface area contributed by atoms with Crippen LogP contribution in [0.25, 0.3) is 10.8 Å². The predicted octanol–water partition coefficient (Wildman–Crippen LogP) is 7.51. The van der Waals surface area contributed by atoms with Crippen molar-refractivity contribution in [3.63, 3.8) is 0 Å². The molecule has 43 heavy (non-hydrogen) atoms. The lowest BCUT2D eigenvalue weighted by atomic mass is 9.77. The Morgan fingerprint density at radius 1 is 0.791 bits per heavy atom. The summed E-state index contributed by atoms with van der Waals surface area (Å²) in [7, 11) is -9.01. The molecule has 6 unspecified atom stereocenters. The maximum absolute atomic E-state index is 14.9. The molecule has 8 rings (SSSR count). The molecule has 0 aromatic heterocycles. The van der Waals surface area contributed by atoms with E-state index in [0.717, 1.165) is 66.8 Å². The van der Waals surface area contributed by atoms with Gasteiger partial charge >= 0.3 is 10.1 Å². The van der Waals surface area contributed by atoms with Crippen molar-refractivity contribution < 1.29 is 25.6 Å². The van der Waals surface area contributed by atoms with Crippen LogP contribution in [0.4, 0.5) is 0 Å². The molecule has 0 N–H and O–H groups in total. The Bertz CT molecular complexity index is 1860. The van der Waals surface area contributed by atoms with Crippen LogP contribution >= 0.6 is 0 Å². The van der Waals surface area contributed by atoms with Gasteiger partial charge in [0, 0.05) is 5.56 Å². The molecule has 0 aliphatic heterocycles. The molecule has 0 radical (unpaired) electrons. The predicted molar refractivity (Wildman–Crippen MR) is 164 cm³/mol. The van der Waals surface area contributed by atoms with E-state index in [-0.39, 0.29) is 22.5 Å². The van der Waals surface area contributed by atoms with E-state index in [2.05, 4.69) is 18.2 Å². The quantitative estimate of drug-likeness (QED) is 0.209. The molecule has 6 nitrogen and oxygen atoms in total. The number of fused-ring (bicyclic) bond motifs is 6. The van der Waals surface area contributed by atoms with Crippen molar-refractivity contribution in [3.8, 4) is 5.75 Å². The molecule has 228 valence electrons. The van der Waals surface area contributed by atoms with Gasteiger partial charge < -0.3 is 8.74 Å². The molecule has 6 atom stereocenters. The summed E-state index contributed by atoms with van der Waals surface area (Å²) in [6.07, 6.45) is 11.5. The first-order valence-corrected chi connectivity index (χ1v) is 19.0. The van der Waals surface area contributed by atoms with Crippen LogP contribution in [0.15, 0.2) is 46.2 Å². The summed E-state index contributed by atoms with van der Waals surface area (Å²) in [5.74, 6) is 2.85. The van der Waals surface area contributed by atoms with Crippen LogP contribution in [0.2, 0.25) is 0 Å². The van der Waals surface area contributed by atoms with Gasteiger partial charge in [0.1, 0.15) is 20.8 Å². The maximum Gasteiger partial charge on any atom is 0.339 e. The summed E-state index contributed by atoms with van der Waals surface area (Å²) in [6.45, 7) is 1.66. The normalized spacial score (nSPS) is 29.8. The molecule has 4 bridgehead atoms. The van der Waals surface area contributed by atoms with Gasteiger partial charge in [-0.3, -0.25) is 0 Å². The van der Waals surface area contributed by atoms with Crippen LogP contribution in [0.1, 0.15) is 104 Å². The molecule has 3 aromatic carbocycles. The first-order valence-electron chi connectivity index (χ1n) is 16.2. The summed E-state index contributed by atoms with van der Waals surface area (Å²) in [5, 5.41) is 2.12. The molecular weight excluding hydrogens is 581 g/mol. The second-order valence-electron chi connectivity index (χ2n) is 14.2. The molecule has 8 heteroatoms. The first-order chi connectivity index (χ1) is 20.6. The van der Waals surface area contributed by atoms with Crippen molar-refractivity contribution in [1.82, 2.24) is 0 Å². The van der Waals surface area contributed by atoms with Gasteiger partial charge in [0.25, 0.3) is 0 Å². The molecule has 4 fully saturated rings. The van der Waals surface area contributed by atoms with Crippen LogP contribution < -0.4 is 4.18 Å². The maximum atomic E-state index is 14.9. The average Bonchev–Trinajstić information content (AvgIpc) is 3.80. The minimum Gasteiger partial charge on any atom is -0.744 e. The second kappa shape index (κ2) is 10.0. The SMILES string of the molecule is Cc1cc(S(=O)(=O)[O-])c2c(c1OS(=O)(=O)c1c(C3CC4CCC3C4)cc3ccccc3c1C1CC3CCC1C3)CCCC2. The van der Waals surface area contributed by atoms with Gasteiger partial charge in [-0.25, -0.2) is 8.42 Å². The van der Waals surface area contributed by atoms with Crippen LogP contribution in [0.3, 0.4) is 0 Å². The summed E-state index contributed by atoms with van der Waals surface area (Å²) >= 11 is 0. The molecule has 0 amide bonds. The van der Waals surface area contributed by atoms with Gasteiger partial charge in [0.15, 0.2) is 0 Å². The van der Waals surface area contributed by atoms with Gasteiger partial charge in [0.05, 0.1) is 4.90 Å². The highest BCUT2D eigenvalue weighted by molar-refractivity contribution is 7.87. The Labute approximate surface area is 255 Å². The second-order valence-corrected chi connectivity index (χ2v) is 17.0. The standard InChI is InChI=1S/C35H40O6S2/c1-20-14-32(42(36,37)38)27-8-4-5-9-28(27)34(20)41-43(39,40)35-31(29-17-21-10-12-24(29)15-21)19-23-6-2-3-7-26(23)33(35)30-18-22-11-13-25(30)16-22/h2-3,6-7,14,19,21-22,24-25,29-30H,4-5,8-13,15-18H2,1H3,(H,36,37,38)/p-1. The van der Waals surface area contributed by atoms with Crippen LogP contribution in [-0.2, 0) is 33.1 Å². The largest absolute Gasteiger partial charge is 0.744 e. The third-order valence-electron chi connectivity index (χ3n) is 11.8. The summed E-state index contributed by atoms with van der Waals surface area (Å²) in [5.41, 5.74) is 3.25. The minimum absolute atomic E-state index is 0.179. The molecule has 3 aromatic rings. The zero-order chi connectivity index (χ0) is 29.7. The number of rotatable bonds is 6. The average molecular weight is 620 g/mol. The summed E-state index contributed by atoms with van der Waals surface area (Å²) in [4.78, 5) is 0.145. The molecule has 5 aliphatic carbocycles. The van der Waals surface area contributed by atoms with E-state index in [0.29, 0.717) is 58.1 Å². The van der Waals surface area contributed by atoms with Gasteiger partial charge in [-0.05, 0) is 152 Å². The molecule has 5 aliphatic rings. The highest BCUT2D eigenvalue weighted by atomic mass is 32.2. The van der Waals surface area contributed by atoms with Gasteiger partial charge in [-0.15, -0.1) is 0 Å². The fraction of sp³-hybridized carbons (Fsp3) is 0.543. The molecular formula is C35H39O6S2-. The van der Waals surface area contributed by atoms with E-state index in [1.54, 1.807) is 6.92 Å². The number of aryl methyl sites for hydroxylation is 1. The fourth-order valence-corrected chi connectivity index (χ4v) is 12.4. The van der Waals surface area contributed by atoms with Crippen LogP contribution in [-0.4, -0.2) is 21.4 Å². The van der Waals surface area contributed by atoms with E-state index >= 15 is 0 Å². The third kappa shape index (κ3) is 4.57. The smallest absolute Gasteiger partial charge is 0.339 e. The molecule has 4 saturated carbocycles. The number of hydrogen-bond donors (Lipinski definition) is 0. The molecule has 0 heterocycles. The zero-order valence-electron chi connectivity index (χ0n) is 24.7. The van der Waals surface area contributed by atoms with Crippen molar-refractivity contribution in [2.45, 2.75) is 106 Å². The molecule has 0 saturated heterocycles. The topological polar surface area (TPSA) is 101 Å². The van der Waals surface area contributed by atoms with E-state index in [1.807, 2.05) is 12.1 Å². The Morgan fingerprint density at radius 2 is 1.44 bits per heavy atom. The lowest BCUT2D eigenvalue weighted by molar-refractivity contribution is 0.400. The van der Waals surface area contributed by atoms with Crippen LogP contribution in [0.5, 0.6) is 5.75 Å². The van der Waals surface area contributed by atoms with Crippen molar-refractivity contribution in [1.29, 1.82) is 0 Å². The minimum atomic E-state index is -4.70. The number of benzene rings is 3. The van der Waals surface area contributed by atoms with E-state index < -0.39 is 20.2 Å². The Morgan fingerprint density at radius 3 is 2.07 bits per heavy atom. The van der Waals surface area contributed by atoms with Crippen molar-refractivity contribution >= 4 is 31.0 Å². The number of hydrogen-bond acceptors (Lipinski definition) is 6. The van der Waals surface area contributed by atoms with Crippen molar-refractivity contribution in [2.24, 2.45) is 23.7 Å². The monoisotopic (exact) mass is 619 g/mol. The third-order valence-corrected chi connectivity index (χ3v) is 14.0. The van der Waals surface area contributed by atoms with E-state index in [9.17, 15) is 21.4 Å². The Kier molecular flexibility index (Phi) is 6.56. The highest BCUT2D eigenvalue weighted by Gasteiger charge is 2.47. The van der Waals surface area contributed by atoms with Crippen molar-refractivity contribution in [3.05, 3.63) is 64.2 Å². The van der Waals surface area contributed by atoms with Gasteiger partial charge in [0.2, 0.25) is 0 Å². The lowest BCUT2D eigenvalue weighted by Gasteiger charge is -2.31. The van der Waals surface area contributed by atoms with Gasteiger partial charge in [-0.2, -0.15) is 8.42 Å². The van der Waals surface area contributed by atoms with Crippen molar-refractivity contribution in [2.75, 3.05) is 0 Å². The first kappa shape index (κ1) is 28.1.